The van der Waals surface area contributed by atoms with Gasteiger partial charge in [-0.1, -0.05) is 45.6 Å². The number of carbonyl (C=O) groups is 4. The fourth-order valence-electron chi connectivity index (χ4n) is 7.33. The predicted molar refractivity (Wildman–Crippen MR) is 196 cm³/mol. The fraction of sp³-hybridized carbons (Fsp3) is 0.487. The second-order valence-corrected chi connectivity index (χ2v) is 14.3. The number of likely N-dealkylation sites (tertiary alicyclic amines) is 2. The van der Waals surface area contributed by atoms with Gasteiger partial charge in [0.1, 0.15) is 17.9 Å². The Morgan fingerprint density at radius 2 is 1.37 bits per heavy atom. The summed E-state index contributed by atoms with van der Waals surface area (Å²) in [5.41, 5.74) is 6.17. The summed E-state index contributed by atoms with van der Waals surface area (Å²) >= 11 is 0. The summed E-state index contributed by atoms with van der Waals surface area (Å²) in [7, 11) is 2.58. The van der Waals surface area contributed by atoms with Gasteiger partial charge in [-0.15, -0.1) is 0 Å². The van der Waals surface area contributed by atoms with Crippen LogP contribution in [0.5, 0.6) is 0 Å². The number of alkyl carbamates (subject to hydrolysis) is 2. The van der Waals surface area contributed by atoms with Gasteiger partial charge in [0.25, 0.3) is 0 Å². The molecule has 6 rings (SSSR count). The number of imidazole rings is 1. The van der Waals surface area contributed by atoms with Crippen molar-refractivity contribution in [2.24, 2.45) is 16.8 Å². The number of nitrogens with zero attached hydrogens (tertiary/aromatic N) is 4. The number of carbonyl (C=O) groups excluding carboxylic acids is 4. The van der Waals surface area contributed by atoms with E-state index in [1.807, 2.05) is 62.9 Å². The molecule has 13 heteroatoms. The molecule has 4 amide bonds. The number of benzene rings is 2. The molecule has 4 atom stereocenters. The van der Waals surface area contributed by atoms with Crippen molar-refractivity contribution in [3.05, 3.63) is 58.9 Å². The van der Waals surface area contributed by atoms with Crippen molar-refractivity contribution in [3.8, 4) is 11.8 Å². The third-order valence-corrected chi connectivity index (χ3v) is 10.1. The van der Waals surface area contributed by atoms with Gasteiger partial charge in [0, 0.05) is 36.3 Å². The van der Waals surface area contributed by atoms with Crippen LogP contribution in [0.3, 0.4) is 0 Å². The smallest absolute Gasteiger partial charge is 0.407 e. The van der Waals surface area contributed by atoms with E-state index in [2.05, 4.69) is 33.5 Å². The number of hydrogen-bond donors (Lipinski definition) is 3. The molecule has 1 aromatic heterocycles. The summed E-state index contributed by atoms with van der Waals surface area (Å²) in [6.07, 6.45) is 2.72. The Morgan fingerprint density at radius 1 is 0.808 bits per heavy atom. The second-order valence-electron chi connectivity index (χ2n) is 14.3. The zero-order valence-electron chi connectivity index (χ0n) is 30.6. The van der Waals surface area contributed by atoms with E-state index >= 15 is 0 Å². The molecule has 0 aliphatic carbocycles. The van der Waals surface area contributed by atoms with E-state index in [-0.39, 0.29) is 35.7 Å². The van der Waals surface area contributed by atoms with Crippen LogP contribution in [0.4, 0.5) is 15.3 Å². The van der Waals surface area contributed by atoms with E-state index < -0.39 is 24.3 Å². The molecular formula is C39H47N7O6. The van der Waals surface area contributed by atoms with Crippen molar-refractivity contribution in [3.63, 3.8) is 0 Å². The molecule has 3 aromatic rings. The number of fused-ring (bicyclic) bond motifs is 2. The van der Waals surface area contributed by atoms with Crippen molar-refractivity contribution in [1.82, 2.24) is 30.4 Å². The molecule has 4 heterocycles. The van der Waals surface area contributed by atoms with Gasteiger partial charge in [0.2, 0.25) is 11.8 Å². The summed E-state index contributed by atoms with van der Waals surface area (Å²) in [6, 6.07) is 10.1. The lowest BCUT2D eigenvalue weighted by Crippen LogP contribution is -2.53. The molecule has 274 valence electrons. The largest absolute Gasteiger partial charge is 0.453 e. The first-order valence-corrected chi connectivity index (χ1v) is 18.0. The number of aromatic nitrogens is 2. The Bertz CT molecular complexity index is 1960. The number of aliphatic imine (C=N–C) groups is 1. The van der Waals surface area contributed by atoms with Crippen molar-refractivity contribution in [2.75, 3.05) is 27.3 Å². The van der Waals surface area contributed by atoms with Crippen LogP contribution in [0.15, 0.2) is 41.4 Å². The predicted octanol–water partition coefficient (Wildman–Crippen LogP) is 5.01. The molecule has 0 saturated carbocycles. The fourth-order valence-corrected chi connectivity index (χ4v) is 7.33. The molecule has 3 N–H and O–H groups in total. The molecule has 3 aliphatic heterocycles. The van der Waals surface area contributed by atoms with Crippen molar-refractivity contribution < 1.29 is 28.7 Å². The Hall–Kier alpha value is -5.38. The molecule has 0 bridgehead atoms. The van der Waals surface area contributed by atoms with Crippen molar-refractivity contribution >= 4 is 46.4 Å². The van der Waals surface area contributed by atoms with E-state index in [0.29, 0.717) is 25.3 Å². The van der Waals surface area contributed by atoms with Crippen LogP contribution in [0.2, 0.25) is 0 Å². The number of rotatable bonds is 8. The average Bonchev–Trinajstić information content (AvgIpc) is 3.95. The van der Waals surface area contributed by atoms with E-state index in [1.54, 1.807) is 4.90 Å². The summed E-state index contributed by atoms with van der Waals surface area (Å²) in [6.45, 7) is 8.81. The van der Waals surface area contributed by atoms with Crippen molar-refractivity contribution in [2.45, 2.75) is 84.0 Å². The van der Waals surface area contributed by atoms with Crippen molar-refractivity contribution in [1.29, 1.82) is 0 Å². The SMILES string of the molecule is COC(=O)N[C@H](C(=O)N1CCC[C@@H]1c1nc2ccc(C#Cc3ccc4c(c3)N=C([C@@H]3CCCN3C(=O)[C@@H](NC(=O)OC)C(C)C)C4)cc2[nH]1)C(C)C. The monoisotopic (exact) mass is 709 g/mol. The maximum atomic E-state index is 13.6. The average molecular weight is 710 g/mol. The zero-order chi connectivity index (χ0) is 37.1. The van der Waals surface area contributed by atoms with E-state index in [1.165, 1.54) is 14.2 Å². The Labute approximate surface area is 303 Å². The normalized spacial score (nSPS) is 19.2. The highest BCUT2D eigenvalue weighted by atomic mass is 16.5. The van der Waals surface area contributed by atoms with Gasteiger partial charge in [-0.05, 0) is 73.4 Å². The molecule has 52 heavy (non-hydrogen) atoms. The third kappa shape index (κ3) is 7.61. The number of hydrogen-bond acceptors (Lipinski definition) is 8. The van der Waals surface area contributed by atoms with Gasteiger partial charge in [-0.3, -0.25) is 14.6 Å². The molecule has 0 radical (unpaired) electrons. The minimum Gasteiger partial charge on any atom is -0.453 e. The minimum absolute atomic E-state index is 0.0955. The summed E-state index contributed by atoms with van der Waals surface area (Å²) < 4.78 is 9.51. The molecule has 0 unspecified atom stereocenters. The molecule has 2 fully saturated rings. The Balaban J connectivity index is 1.16. The highest BCUT2D eigenvalue weighted by Gasteiger charge is 2.39. The number of ether oxygens (including phenoxy) is 2. The second kappa shape index (κ2) is 15.5. The van der Waals surface area contributed by atoms with Crippen LogP contribution in [0, 0.1) is 23.7 Å². The number of amides is 4. The highest BCUT2D eigenvalue weighted by molar-refractivity contribution is 6.01. The van der Waals surface area contributed by atoms with Crippen LogP contribution in [-0.4, -0.2) is 94.9 Å². The molecule has 2 saturated heterocycles. The number of aromatic amines is 1. The lowest BCUT2D eigenvalue weighted by atomic mass is 9.99. The zero-order valence-corrected chi connectivity index (χ0v) is 30.6. The molecule has 2 aromatic carbocycles. The first kappa shape index (κ1) is 36.4. The van der Waals surface area contributed by atoms with Crippen LogP contribution in [0.25, 0.3) is 11.0 Å². The molecular weight excluding hydrogens is 662 g/mol. The van der Waals surface area contributed by atoms with E-state index in [0.717, 1.165) is 64.8 Å². The van der Waals surface area contributed by atoms with E-state index in [4.69, 9.17) is 19.5 Å². The highest BCUT2D eigenvalue weighted by Crippen LogP contribution is 2.34. The minimum atomic E-state index is -0.697. The van der Waals surface area contributed by atoms with Gasteiger partial charge in [-0.25, -0.2) is 14.6 Å². The van der Waals surface area contributed by atoms with Gasteiger partial charge in [0.05, 0.1) is 43.0 Å². The van der Waals surface area contributed by atoms with Crippen LogP contribution in [-0.2, 0) is 25.5 Å². The quantitative estimate of drug-likeness (QED) is 0.278. The van der Waals surface area contributed by atoms with Crippen LogP contribution < -0.4 is 10.6 Å². The first-order chi connectivity index (χ1) is 25.0. The Morgan fingerprint density at radius 3 is 1.96 bits per heavy atom. The summed E-state index contributed by atoms with van der Waals surface area (Å²) in [5.74, 6) is 6.79. The molecule has 13 nitrogen and oxygen atoms in total. The lowest BCUT2D eigenvalue weighted by Gasteiger charge is -2.30. The van der Waals surface area contributed by atoms with Crippen LogP contribution >= 0.6 is 0 Å². The summed E-state index contributed by atoms with van der Waals surface area (Å²) in [5, 5.41) is 5.40. The lowest BCUT2D eigenvalue weighted by molar-refractivity contribution is -0.135. The molecule has 0 spiro atoms. The first-order valence-electron chi connectivity index (χ1n) is 18.0. The maximum Gasteiger partial charge on any atom is 0.407 e. The Kier molecular flexibility index (Phi) is 10.8. The summed E-state index contributed by atoms with van der Waals surface area (Å²) in [4.78, 5) is 67.9. The van der Waals surface area contributed by atoms with E-state index in [9.17, 15) is 19.2 Å². The van der Waals surface area contributed by atoms with Gasteiger partial charge < -0.3 is 34.9 Å². The maximum absolute atomic E-state index is 13.6. The van der Waals surface area contributed by atoms with Gasteiger partial charge in [-0.2, -0.15) is 0 Å². The number of H-pyrrole nitrogens is 1. The van der Waals surface area contributed by atoms with Gasteiger partial charge >= 0.3 is 12.2 Å². The third-order valence-electron chi connectivity index (χ3n) is 10.1. The standard InChI is InChI=1S/C39H47N7O6/c1-22(2)33(43-38(49)51-5)36(47)45-17-7-9-31(45)30-21-26-15-13-24(19-28(26)40-30)11-12-25-14-16-27-29(20-25)42-35(41-27)32-10-8-18-46(32)37(48)34(23(3)4)44-39(50)52-6/h13-16,19-20,22-23,31-34H,7-10,17-18,21H2,1-6H3,(H,41,42)(H,43,49)(H,44,50)/t31-,32+,33-,34-/m0/s1. The number of methoxy groups -OCH3 is 2. The topological polar surface area (TPSA) is 158 Å². The molecule has 3 aliphatic rings. The van der Waals surface area contributed by atoms with Crippen LogP contribution in [0.1, 0.15) is 81.9 Å². The van der Waals surface area contributed by atoms with Gasteiger partial charge in [0.15, 0.2) is 0 Å². The number of nitrogens with one attached hydrogen (secondary N) is 3.